The second kappa shape index (κ2) is 10.1. The van der Waals surface area contributed by atoms with Gasteiger partial charge in [0.2, 0.25) is 0 Å². The van der Waals surface area contributed by atoms with Crippen LogP contribution >= 0.6 is 0 Å². The van der Waals surface area contributed by atoms with Crippen LogP contribution in [0.4, 0.5) is 0 Å². The zero-order valence-corrected chi connectivity index (χ0v) is 14.9. The molecule has 1 heterocycles. The fourth-order valence-corrected chi connectivity index (χ4v) is 3.21. The average Bonchev–Trinajstić information content (AvgIpc) is 2.62. The molecule has 0 amide bonds. The van der Waals surface area contributed by atoms with Gasteiger partial charge in [-0.1, -0.05) is 25.1 Å². The first kappa shape index (κ1) is 20.1. The minimum Gasteiger partial charge on any atom is -0.491 e. The number of hydrogen-bond acceptors (Lipinski definition) is 6. The number of aliphatic hydroxyl groups is 4. The van der Waals surface area contributed by atoms with Crippen molar-refractivity contribution in [1.82, 2.24) is 4.90 Å². The Hall–Kier alpha value is -1.18. The van der Waals surface area contributed by atoms with Crippen molar-refractivity contribution in [2.45, 2.75) is 57.0 Å². The third kappa shape index (κ3) is 5.94. The van der Waals surface area contributed by atoms with Crippen molar-refractivity contribution in [2.75, 3.05) is 26.2 Å². The molecule has 0 spiro atoms. The average molecular weight is 353 g/mol. The van der Waals surface area contributed by atoms with E-state index in [0.29, 0.717) is 5.75 Å². The number of fused-ring (bicyclic) bond motifs is 1. The molecule has 6 heteroatoms. The number of hydrogen-bond donors (Lipinski definition) is 4. The quantitative estimate of drug-likeness (QED) is 0.621. The highest BCUT2D eigenvalue weighted by molar-refractivity contribution is 5.33. The molecule has 0 saturated carbocycles. The van der Waals surface area contributed by atoms with E-state index in [4.69, 9.17) is 4.74 Å². The smallest absolute Gasteiger partial charge is 0.122 e. The molecule has 1 aliphatic rings. The second-order valence-corrected chi connectivity index (χ2v) is 6.79. The molecule has 4 atom stereocenters. The molecule has 0 saturated heterocycles. The lowest BCUT2D eigenvalue weighted by atomic mass is 10.0. The van der Waals surface area contributed by atoms with E-state index in [1.807, 2.05) is 24.3 Å². The lowest BCUT2D eigenvalue weighted by Gasteiger charge is -2.31. The number of ether oxygens (including phenoxy) is 1. The third-order valence-electron chi connectivity index (χ3n) is 4.68. The van der Waals surface area contributed by atoms with Gasteiger partial charge >= 0.3 is 0 Å². The first-order valence-electron chi connectivity index (χ1n) is 9.18. The van der Waals surface area contributed by atoms with Gasteiger partial charge in [0.15, 0.2) is 0 Å². The van der Waals surface area contributed by atoms with Crippen LogP contribution in [0.1, 0.15) is 31.7 Å². The predicted molar refractivity (Wildman–Crippen MR) is 95.6 cm³/mol. The number of β-amino-alcohol motifs (C(OH)–C–C–N with tert-alkyl or cyclic N) is 1. The monoisotopic (exact) mass is 353 g/mol. The summed E-state index contributed by atoms with van der Waals surface area (Å²) in [5.74, 6) is 0.686. The van der Waals surface area contributed by atoms with E-state index in [0.717, 1.165) is 44.3 Å². The number of aliphatic hydroxyl groups excluding tert-OH is 4. The number of aryl methyl sites for hydroxylation is 1. The fraction of sp³-hybridized carbons (Fsp3) is 0.684. The van der Waals surface area contributed by atoms with E-state index in [9.17, 15) is 20.4 Å². The van der Waals surface area contributed by atoms with Gasteiger partial charge in [-0.3, -0.25) is 0 Å². The van der Waals surface area contributed by atoms with Crippen molar-refractivity contribution in [2.24, 2.45) is 0 Å². The molecule has 0 bridgehead atoms. The van der Waals surface area contributed by atoms with Gasteiger partial charge in [-0.25, -0.2) is 0 Å². The summed E-state index contributed by atoms with van der Waals surface area (Å²) in [6.07, 6.45) is -1.49. The van der Waals surface area contributed by atoms with Crippen LogP contribution in [0.25, 0.3) is 0 Å². The first-order valence-corrected chi connectivity index (χ1v) is 9.18. The van der Waals surface area contributed by atoms with E-state index in [1.54, 1.807) is 0 Å². The summed E-state index contributed by atoms with van der Waals surface area (Å²) in [5.41, 5.74) is 1.07. The maximum atomic E-state index is 10.2. The van der Waals surface area contributed by atoms with Gasteiger partial charge in [0, 0.05) is 6.54 Å². The Morgan fingerprint density at radius 3 is 2.52 bits per heavy atom. The number of nitrogens with zero attached hydrogens (tertiary/aromatic N) is 1. The largest absolute Gasteiger partial charge is 0.491 e. The summed E-state index contributed by atoms with van der Waals surface area (Å²) in [6, 6.07) is 7.67. The SMILES string of the molecule is CCCN1CCCCc2ccccc2OC[C@@H](O)[C@@H](O)[C@H](O)[C@@H](O)C1. The van der Waals surface area contributed by atoms with Gasteiger partial charge in [0.25, 0.3) is 0 Å². The van der Waals surface area contributed by atoms with Crippen LogP contribution in [0.5, 0.6) is 5.75 Å². The van der Waals surface area contributed by atoms with E-state index in [1.165, 1.54) is 0 Å². The number of para-hydroxylation sites is 1. The molecule has 142 valence electrons. The Morgan fingerprint density at radius 2 is 1.76 bits per heavy atom. The Bertz CT molecular complexity index is 512. The normalized spacial score (nSPS) is 30.1. The third-order valence-corrected chi connectivity index (χ3v) is 4.68. The molecule has 0 aromatic heterocycles. The van der Waals surface area contributed by atoms with Crippen molar-refractivity contribution < 1.29 is 25.2 Å². The zero-order valence-electron chi connectivity index (χ0n) is 14.9. The van der Waals surface area contributed by atoms with Gasteiger partial charge < -0.3 is 30.1 Å². The highest BCUT2D eigenvalue weighted by Gasteiger charge is 2.31. The topological polar surface area (TPSA) is 93.4 Å². The summed E-state index contributed by atoms with van der Waals surface area (Å²) in [5, 5.41) is 40.6. The fourth-order valence-electron chi connectivity index (χ4n) is 3.21. The lowest BCUT2D eigenvalue weighted by Crippen LogP contribution is -2.50. The Balaban J connectivity index is 2.14. The van der Waals surface area contributed by atoms with E-state index in [-0.39, 0.29) is 13.2 Å². The molecule has 2 rings (SSSR count). The molecule has 1 aromatic carbocycles. The van der Waals surface area contributed by atoms with Crippen LogP contribution in [0.15, 0.2) is 24.3 Å². The molecule has 4 N–H and O–H groups in total. The first-order chi connectivity index (χ1) is 12.0. The van der Waals surface area contributed by atoms with Crippen LogP contribution in [0.3, 0.4) is 0 Å². The van der Waals surface area contributed by atoms with Crippen molar-refractivity contribution in [3.05, 3.63) is 29.8 Å². The van der Waals surface area contributed by atoms with Gasteiger partial charge in [0.1, 0.15) is 30.7 Å². The Morgan fingerprint density at radius 1 is 1.04 bits per heavy atom. The number of benzene rings is 1. The second-order valence-electron chi connectivity index (χ2n) is 6.79. The van der Waals surface area contributed by atoms with Gasteiger partial charge in [-0.2, -0.15) is 0 Å². The van der Waals surface area contributed by atoms with Crippen LogP contribution in [0.2, 0.25) is 0 Å². The molecule has 25 heavy (non-hydrogen) atoms. The molecule has 1 aromatic rings. The standard InChI is InChI=1S/C19H31NO5/c1-2-10-20-11-6-5-8-14-7-3-4-9-17(14)25-13-16(22)19(24)18(23)15(21)12-20/h3-4,7,9,15-16,18-19,21-24H,2,5-6,8,10-13H2,1H3/t15-,16+,18+,19+/m0/s1. The molecule has 0 aliphatic carbocycles. The number of rotatable bonds is 2. The van der Waals surface area contributed by atoms with Crippen molar-refractivity contribution in [3.8, 4) is 5.75 Å². The van der Waals surface area contributed by atoms with Crippen LogP contribution in [0, 0.1) is 0 Å². The summed E-state index contributed by atoms with van der Waals surface area (Å²) >= 11 is 0. The van der Waals surface area contributed by atoms with Crippen LogP contribution in [-0.4, -0.2) is 76.0 Å². The molecule has 6 nitrogen and oxygen atoms in total. The molecule has 1 aliphatic heterocycles. The zero-order chi connectivity index (χ0) is 18.2. The van der Waals surface area contributed by atoms with Gasteiger partial charge in [-0.05, 0) is 50.4 Å². The van der Waals surface area contributed by atoms with Gasteiger partial charge in [0.05, 0.1) is 6.10 Å². The Labute approximate surface area is 149 Å². The molecular weight excluding hydrogens is 322 g/mol. The summed E-state index contributed by atoms with van der Waals surface area (Å²) in [7, 11) is 0. The molecule has 0 radical (unpaired) electrons. The van der Waals surface area contributed by atoms with Crippen molar-refractivity contribution >= 4 is 0 Å². The highest BCUT2D eigenvalue weighted by atomic mass is 16.5. The minimum atomic E-state index is -1.46. The molecule has 0 unspecified atom stereocenters. The maximum absolute atomic E-state index is 10.2. The lowest BCUT2D eigenvalue weighted by molar-refractivity contribution is -0.117. The van der Waals surface area contributed by atoms with Gasteiger partial charge in [-0.15, -0.1) is 0 Å². The summed E-state index contributed by atoms with van der Waals surface area (Å²) < 4.78 is 5.65. The molecule has 0 fully saturated rings. The summed E-state index contributed by atoms with van der Waals surface area (Å²) in [4.78, 5) is 2.10. The van der Waals surface area contributed by atoms with Crippen molar-refractivity contribution in [1.29, 1.82) is 0 Å². The molecular formula is C19H31NO5. The van der Waals surface area contributed by atoms with E-state index >= 15 is 0 Å². The van der Waals surface area contributed by atoms with Crippen LogP contribution < -0.4 is 4.74 Å². The Kier molecular flexibility index (Phi) is 8.12. The highest BCUT2D eigenvalue weighted by Crippen LogP contribution is 2.21. The van der Waals surface area contributed by atoms with E-state index in [2.05, 4.69) is 11.8 Å². The summed E-state index contributed by atoms with van der Waals surface area (Å²) in [6.45, 7) is 3.85. The maximum Gasteiger partial charge on any atom is 0.122 e. The minimum absolute atomic E-state index is 0.138. The van der Waals surface area contributed by atoms with Crippen molar-refractivity contribution in [3.63, 3.8) is 0 Å². The predicted octanol–water partition coefficient (Wildman–Crippen LogP) is 0.557. The van der Waals surface area contributed by atoms with Crippen LogP contribution in [-0.2, 0) is 6.42 Å². The van der Waals surface area contributed by atoms with E-state index < -0.39 is 24.4 Å².